The number of aromatic nitrogens is 6. The first-order valence-corrected chi connectivity index (χ1v) is 11.1. The van der Waals surface area contributed by atoms with Gasteiger partial charge in [-0.05, 0) is 46.8 Å². The molecule has 0 spiro atoms. The van der Waals surface area contributed by atoms with Crippen molar-refractivity contribution in [3.05, 3.63) is 68.2 Å². The van der Waals surface area contributed by atoms with Crippen LogP contribution in [0.1, 0.15) is 39.4 Å². The summed E-state index contributed by atoms with van der Waals surface area (Å²) in [4.78, 5) is 36.2. The molecule has 0 fully saturated rings. The van der Waals surface area contributed by atoms with Crippen molar-refractivity contribution in [2.24, 2.45) is 7.05 Å². The molecule has 2 N–H and O–H groups in total. The van der Waals surface area contributed by atoms with E-state index in [0.29, 0.717) is 18.0 Å². The van der Waals surface area contributed by atoms with E-state index in [0.717, 1.165) is 5.69 Å². The minimum Gasteiger partial charge on any atom is -0.454 e. The quantitative estimate of drug-likeness (QED) is 0.251. The van der Waals surface area contributed by atoms with Gasteiger partial charge in [0.2, 0.25) is 0 Å². The summed E-state index contributed by atoms with van der Waals surface area (Å²) < 4.78 is 10.2. The van der Waals surface area contributed by atoms with Crippen LogP contribution in [0.5, 0.6) is 0 Å². The Morgan fingerprint density at radius 2 is 1.89 bits per heavy atom. The number of nitrogens with zero attached hydrogens (tertiary/aromatic N) is 7. The molecular formula is C20H20BrN9O5. The fourth-order valence-electron chi connectivity index (χ4n) is 3.28. The maximum atomic E-state index is 13.0. The number of amides is 2. The number of furan rings is 1. The van der Waals surface area contributed by atoms with E-state index in [1.54, 1.807) is 17.8 Å². The first-order valence-electron chi connectivity index (χ1n) is 10.3. The van der Waals surface area contributed by atoms with E-state index in [4.69, 9.17) is 4.42 Å². The van der Waals surface area contributed by atoms with Crippen LogP contribution in [-0.4, -0.2) is 46.1 Å². The topological polar surface area (TPSA) is 168 Å². The van der Waals surface area contributed by atoms with Crippen molar-refractivity contribution in [3.63, 3.8) is 0 Å². The van der Waals surface area contributed by atoms with E-state index < -0.39 is 16.7 Å². The molecule has 0 aromatic carbocycles. The number of rotatable bonds is 8. The molecular weight excluding hydrogens is 526 g/mol. The summed E-state index contributed by atoms with van der Waals surface area (Å²) in [7, 11) is 1.76. The predicted octanol–water partition coefficient (Wildman–Crippen LogP) is 2.96. The highest BCUT2D eigenvalue weighted by Gasteiger charge is 2.23. The number of hydrogen-bond donors (Lipinski definition) is 2. The van der Waals surface area contributed by atoms with Gasteiger partial charge in [0, 0.05) is 13.6 Å². The molecule has 0 bridgehead atoms. The number of hydrogen-bond acceptors (Lipinski definition) is 8. The van der Waals surface area contributed by atoms with Crippen LogP contribution < -0.4 is 10.6 Å². The molecule has 15 heteroatoms. The zero-order valence-electron chi connectivity index (χ0n) is 18.9. The van der Waals surface area contributed by atoms with E-state index in [1.807, 2.05) is 13.8 Å². The Kier molecular flexibility index (Phi) is 6.50. The smallest absolute Gasteiger partial charge is 0.404 e. The van der Waals surface area contributed by atoms with Gasteiger partial charge in [0.15, 0.2) is 5.76 Å². The zero-order chi connectivity index (χ0) is 25.3. The largest absolute Gasteiger partial charge is 0.454 e. The summed E-state index contributed by atoms with van der Waals surface area (Å²) in [6.07, 6.45) is 4.36. The summed E-state index contributed by atoms with van der Waals surface area (Å²) >= 11 is 3.08. The molecule has 4 aromatic heterocycles. The number of anilines is 2. The van der Waals surface area contributed by atoms with Gasteiger partial charge in [0.25, 0.3) is 11.8 Å². The maximum Gasteiger partial charge on any atom is 0.404 e. The number of nitrogens with one attached hydrogen (secondary N) is 2. The third-order valence-electron chi connectivity index (χ3n) is 5.16. The zero-order valence-corrected chi connectivity index (χ0v) is 20.4. The van der Waals surface area contributed by atoms with Gasteiger partial charge in [-0.3, -0.25) is 19.0 Å². The van der Waals surface area contributed by atoms with Gasteiger partial charge < -0.3 is 25.2 Å². The van der Waals surface area contributed by atoms with Crippen LogP contribution in [0.4, 0.5) is 17.2 Å². The Bertz CT molecular complexity index is 1430. The molecule has 0 saturated carbocycles. The SMILES string of the molecule is CCn1ncc(NC(=O)c2ccc(Cn3cc(Br)c([N+](=O)[O-])n3)o2)c1C(=O)Nc1cnn(C)c1C. The highest BCUT2D eigenvalue weighted by Crippen LogP contribution is 2.24. The molecule has 0 aliphatic carbocycles. The van der Waals surface area contributed by atoms with Crippen LogP contribution in [0.25, 0.3) is 0 Å². The molecule has 0 aliphatic rings. The van der Waals surface area contributed by atoms with Crippen molar-refractivity contribution in [3.8, 4) is 0 Å². The van der Waals surface area contributed by atoms with Crippen molar-refractivity contribution < 1.29 is 18.9 Å². The molecule has 4 heterocycles. The fourth-order valence-corrected chi connectivity index (χ4v) is 3.74. The van der Waals surface area contributed by atoms with E-state index in [2.05, 4.69) is 41.9 Å². The lowest BCUT2D eigenvalue weighted by Gasteiger charge is -2.09. The highest BCUT2D eigenvalue weighted by molar-refractivity contribution is 9.10. The van der Waals surface area contributed by atoms with Gasteiger partial charge in [-0.25, -0.2) is 0 Å². The Labute approximate surface area is 206 Å². The molecule has 4 rings (SSSR count). The maximum absolute atomic E-state index is 13.0. The standard InChI is InChI=1S/C20H20BrN9O5/c1-4-29-17(20(32)24-14-7-22-27(3)11(14)2)15(8-23-29)25-19(31)16-6-5-12(35-16)9-28-10-13(21)18(26-28)30(33)34/h5-8,10H,4,9H2,1-3H3,(H,24,32)(H,25,31). The summed E-state index contributed by atoms with van der Waals surface area (Å²) in [5, 5.41) is 28.5. The fraction of sp³-hybridized carbons (Fsp3) is 0.250. The molecule has 0 radical (unpaired) electrons. The average molecular weight is 546 g/mol. The van der Waals surface area contributed by atoms with Gasteiger partial charge in [0.1, 0.15) is 22.5 Å². The van der Waals surface area contributed by atoms with Crippen LogP contribution in [0, 0.1) is 17.0 Å². The Morgan fingerprint density at radius 1 is 1.17 bits per heavy atom. The number of nitro groups is 1. The van der Waals surface area contributed by atoms with Crippen LogP contribution >= 0.6 is 15.9 Å². The first kappa shape index (κ1) is 23.9. The van der Waals surface area contributed by atoms with Crippen molar-refractivity contribution in [1.82, 2.24) is 29.3 Å². The molecule has 0 unspecified atom stereocenters. The molecule has 14 nitrogen and oxygen atoms in total. The lowest BCUT2D eigenvalue weighted by atomic mass is 10.3. The molecule has 2 amide bonds. The summed E-state index contributed by atoms with van der Waals surface area (Å²) in [5.41, 5.74) is 1.69. The lowest BCUT2D eigenvalue weighted by molar-refractivity contribution is -0.390. The first-order chi connectivity index (χ1) is 16.7. The number of carbonyl (C=O) groups excluding carboxylic acids is 2. The van der Waals surface area contributed by atoms with Gasteiger partial charge in [-0.2, -0.15) is 14.9 Å². The average Bonchev–Trinajstić information content (AvgIpc) is 3.58. The van der Waals surface area contributed by atoms with Crippen LogP contribution in [0.15, 0.2) is 39.6 Å². The number of carbonyl (C=O) groups is 2. The molecule has 35 heavy (non-hydrogen) atoms. The summed E-state index contributed by atoms with van der Waals surface area (Å²) in [5.74, 6) is -1.03. The van der Waals surface area contributed by atoms with Gasteiger partial charge in [-0.1, -0.05) is 0 Å². The highest BCUT2D eigenvalue weighted by atomic mass is 79.9. The molecule has 0 atom stereocenters. The second-order valence-corrected chi connectivity index (χ2v) is 8.27. The number of halogens is 1. The van der Waals surface area contributed by atoms with E-state index in [-0.39, 0.29) is 34.0 Å². The Hall–Kier alpha value is -4.27. The predicted molar refractivity (Wildman–Crippen MR) is 126 cm³/mol. The minimum absolute atomic E-state index is 0.0144. The van der Waals surface area contributed by atoms with E-state index in [1.165, 1.54) is 34.0 Å². The normalized spacial score (nSPS) is 11.0. The lowest BCUT2D eigenvalue weighted by Crippen LogP contribution is -2.21. The van der Waals surface area contributed by atoms with Crippen LogP contribution in [0.2, 0.25) is 0 Å². The van der Waals surface area contributed by atoms with Gasteiger partial charge >= 0.3 is 5.82 Å². The van der Waals surface area contributed by atoms with Gasteiger partial charge in [-0.15, -0.1) is 0 Å². The van der Waals surface area contributed by atoms with Crippen molar-refractivity contribution in [1.29, 1.82) is 0 Å². The van der Waals surface area contributed by atoms with Crippen molar-refractivity contribution >= 4 is 44.9 Å². The van der Waals surface area contributed by atoms with E-state index in [9.17, 15) is 19.7 Å². The van der Waals surface area contributed by atoms with Crippen LogP contribution in [-0.2, 0) is 20.1 Å². The monoisotopic (exact) mass is 545 g/mol. The molecule has 0 saturated heterocycles. The second kappa shape index (κ2) is 9.54. The van der Waals surface area contributed by atoms with E-state index >= 15 is 0 Å². The van der Waals surface area contributed by atoms with Crippen LogP contribution in [0.3, 0.4) is 0 Å². The Balaban J connectivity index is 1.50. The Morgan fingerprint density at radius 3 is 2.51 bits per heavy atom. The number of aryl methyl sites for hydroxylation is 2. The minimum atomic E-state index is -0.610. The third-order valence-corrected chi connectivity index (χ3v) is 5.72. The van der Waals surface area contributed by atoms with Crippen molar-refractivity contribution in [2.45, 2.75) is 26.9 Å². The summed E-state index contributed by atoms with van der Waals surface area (Å²) in [6.45, 7) is 4.12. The third kappa shape index (κ3) is 4.84. The van der Waals surface area contributed by atoms with Gasteiger partial charge in [0.05, 0.1) is 40.8 Å². The summed E-state index contributed by atoms with van der Waals surface area (Å²) in [6, 6.07) is 3.02. The molecule has 0 aliphatic heterocycles. The van der Waals surface area contributed by atoms with Crippen molar-refractivity contribution in [2.75, 3.05) is 10.6 Å². The molecule has 182 valence electrons. The second-order valence-electron chi connectivity index (χ2n) is 7.42. The molecule has 4 aromatic rings.